The van der Waals surface area contributed by atoms with Crippen molar-refractivity contribution < 1.29 is 22.8 Å². The van der Waals surface area contributed by atoms with Gasteiger partial charge in [0.15, 0.2) is 0 Å². The summed E-state index contributed by atoms with van der Waals surface area (Å²) < 4.78 is 43.2. The molecule has 2 unspecified atom stereocenters. The normalized spacial score (nSPS) is 28.2. The van der Waals surface area contributed by atoms with Crippen LogP contribution in [0.15, 0.2) is 18.2 Å². The number of carbonyl (C=O) groups excluding carboxylic acids is 2. The molecule has 1 aromatic rings. The summed E-state index contributed by atoms with van der Waals surface area (Å²) in [5.41, 5.74) is 1.07. The number of amides is 2. The van der Waals surface area contributed by atoms with Gasteiger partial charge in [0.1, 0.15) is 11.9 Å². The van der Waals surface area contributed by atoms with Crippen molar-refractivity contribution in [2.24, 2.45) is 0 Å². The molecule has 2 atom stereocenters. The minimum atomic E-state index is -2.74. The molecule has 0 aliphatic carbocycles. The fourth-order valence-corrected chi connectivity index (χ4v) is 4.78. The minimum Gasteiger partial charge on any atom is -0.374 e. The second-order valence-electron chi connectivity index (χ2n) is 8.44. The second kappa shape index (κ2) is 8.55. The van der Waals surface area contributed by atoms with Crippen LogP contribution in [-0.2, 0) is 9.59 Å². The average molecular weight is 424 g/mol. The molecule has 0 aromatic heterocycles. The third-order valence-electron chi connectivity index (χ3n) is 6.43. The standard InChI is InChI=1S/C21H27F3N4O2/c22-16-11-14(26-17-3-4-19(29)27-20(17)30)1-2-15(16)13-6-9-28(10-7-13)18-5-8-25-12-21(18,23)24/h1-2,11,13,17-18,25-26H,3-10,12H2,(H,27,29,30). The molecule has 2 amide bonds. The van der Waals surface area contributed by atoms with Gasteiger partial charge in [0.05, 0.1) is 12.6 Å². The summed E-state index contributed by atoms with van der Waals surface area (Å²) in [5.74, 6) is -3.81. The number of alkyl halides is 2. The van der Waals surface area contributed by atoms with E-state index in [2.05, 4.69) is 16.0 Å². The van der Waals surface area contributed by atoms with E-state index in [4.69, 9.17) is 0 Å². The van der Waals surface area contributed by atoms with Crippen LogP contribution in [0.4, 0.5) is 18.9 Å². The Morgan fingerprint density at radius 1 is 1.10 bits per heavy atom. The molecule has 3 aliphatic heterocycles. The molecule has 0 bridgehead atoms. The molecule has 3 aliphatic rings. The van der Waals surface area contributed by atoms with Gasteiger partial charge in [-0.15, -0.1) is 0 Å². The van der Waals surface area contributed by atoms with Crippen LogP contribution in [0, 0.1) is 5.82 Å². The Morgan fingerprint density at radius 2 is 1.87 bits per heavy atom. The summed E-state index contributed by atoms with van der Waals surface area (Å²) in [4.78, 5) is 25.0. The highest BCUT2D eigenvalue weighted by Gasteiger charge is 2.45. The lowest BCUT2D eigenvalue weighted by atomic mass is 9.87. The van der Waals surface area contributed by atoms with Crippen LogP contribution in [0.25, 0.3) is 0 Å². The van der Waals surface area contributed by atoms with Crippen molar-refractivity contribution >= 4 is 17.5 Å². The van der Waals surface area contributed by atoms with Gasteiger partial charge in [0.25, 0.3) is 5.92 Å². The summed E-state index contributed by atoms with van der Waals surface area (Å²) in [5, 5.41) is 8.00. The minimum absolute atomic E-state index is 0.0127. The number of benzene rings is 1. The van der Waals surface area contributed by atoms with E-state index in [0.717, 1.165) is 0 Å². The monoisotopic (exact) mass is 424 g/mol. The van der Waals surface area contributed by atoms with E-state index in [1.54, 1.807) is 12.1 Å². The molecule has 6 nitrogen and oxygen atoms in total. The molecule has 3 saturated heterocycles. The van der Waals surface area contributed by atoms with Crippen molar-refractivity contribution in [1.82, 2.24) is 15.5 Å². The van der Waals surface area contributed by atoms with Gasteiger partial charge in [-0.25, -0.2) is 13.2 Å². The lowest BCUT2D eigenvalue weighted by molar-refractivity contribution is -0.133. The molecule has 164 valence electrons. The number of nitrogens with one attached hydrogen (secondary N) is 3. The Morgan fingerprint density at radius 3 is 2.53 bits per heavy atom. The predicted molar refractivity (Wildman–Crippen MR) is 106 cm³/mol. The number of likely N-dealkylation sites (tertiary alicyclic amines) is 1. The van der Waals surface area contributed by atoms with Gasteiger partial charge in [-0.05, 0) is 68.9 Å². The third kappa shape index (κ3) is 4.46. The van der Waals surface area contributed by atoms with Crippen LogP contribution in [0.1, 0.15) is 43.6 Å². The summed E-state index contributed by atoms with van der Waals surface area (Å²) in [6, 6.07) is 3.50. The summed E-state index contributed by atoms with van der Waals surface area (Å²) in [6.07, 6.45) is 2.31. The second-order valence-corrected chi connectivity index (χ2v) is 8.44. The molecule has 1 aromatic carbocycles. The molecular weight excluding hydrogens is 397 g/mol. The zero-order chi connectivity index (χ0) is 21.3. The number of rotatable bonds is 4. The molecule has 4 rings (SSSR count). The van der Waals surface area contributed by atoms with Gasteiger partial charge in [-0.3, -0.25) is 19.8 Å². The SMILES string of the molecule is O=C1CCC(Nc2ccc(C3CCN(C4CCNCC4(F)F)CC3)c(F)c2)C(=O)N1. The third-order valence-corrected chi connectivity index (χ3v) is 6.43. The summed E-state index contributed by atoms with van der Waals surface area (Å²) in [6.45, 7) is 1.37. The van der Waals surface area contributed by atoms with E-state index >= 15 is 0 Å². The van der Waals surface area contributed by atoms with E-state index in [0.29, 0.717) is 56.6 Å². The van der Waals surface area contributed by atoms with Crippen LogP contribution in [0.2, 0.25) is 0 Å². The molecule has 0 radical (unpaired) electrons. The highest BCUT2D eigenvalue weighted by Crippen LogP contribution is 2.35. The first-order valence-corrected chi connectivity index (χ1v) is 10.6. The van der Waals surface area contributed by atoms with Gasteiger partial charge in [-0.2, -0.15) is 0 Å². The zero-order valence-electron chi connectivity index (χ0n) is 16.7. The number of hydrogen-bond donors (Lipinski definition) is 3. The van der Waals surface area contributed by atoms with Gasteiger partial charge in [0.2, 0.25) is 11.8 Å². The first-order valence-electron chi connectivity index (χ1n) is 10.6. The van der Waals surface area contributed by atoms with Gasteiger partial charge >= 0.3 is 0 Å². The fraction of sp³-hybridized carbons (Fsp3) is 0.619. The number of halogens is 3. The maximum absolute atomic E-state index is 14.8. The molecule has 3 heterocycles. The maximum atomic E-state index is 14.8. The van der Waals surface area contributed by atoms with E-state index < -0.39 is 23.9 Å². The van der Waals surface area contributed by atoms with Crippen LogP contribution in [0.3, 0.4) is 0 Å². The first-order chi connectivity index (χ1) is 14.3. The maximum Gasteiger partial charge on any atom is 0.275 e. The van der Waals surface area contributed by atoms with E-state index in [1.807, 2.05) is 4.90 Å². The Kier molecular flexibility index (Phi) is 6.02. The Hall–Kier alpha value is -2.13. The molecular formula is C21H27F3N4O2. The van der Waals surface area contributed by atoms with Crippen molar-refractivity contribution in [1.29, 1.82) is 0 Å². The van der Waals surface area contributed by atoms with Crippen molar-refractivity contribution in [3.05, 3.63) is 29.6 Å². The van der Waals surface area contributed by atoms with Crippen LogP contribution in [0.5, 0.6) is 0 Å². The molecule has 3 N–H and O–H groups in total. The molecule has 3 fully saturated rings. The number of hydrogen-bond acceptors (Lipinski definition) is 5. The topological polar surface area (TPSA) is 73.5 Å². The molecule has 30 heavy (non-hydrogen) atoms. The van der Waals surface area contributed by atoms with E-state index in [9.17, 15) is 22.8 Å². The summed E-state index contributed by atoms with van der Waals surface area (Å²) in [7, 11) is 0. The lowest BCUT2D eigenvalue weighted by Crippen LogP contribution is -2.58. The van der Waals surface area contributed by atoms with E-state index in [1.165, 1.54) is 6.07 Å². The van der Waals surface area contributed by atoms with Gasteiger partial charge < -0.3 is 10.6 Å². The van der Waals surface area contributed by atoms with Crippen molar-refractivity contribution in [2.45, 2.75) is 56.0 Å². The number of carbonyl (C=O) groups is 2. The summed E-state index contributed by atoms with van der Waals surface area (Å²) >= 11 is 0. The number of nitrogens with zero attached hydrogens (tertiary/aromatic N) is 1. The van der Waals surface area contributed by atoms with Crippen LogP contribution in [-0.4, -0.2) is 60.9 Å². The molecule has 9 heteroatoms. The van der Waals surface area contributed by atoms with Crippen LogP contribution < -0.4 is 16.0 Å². The Bertz CT molecular complexity index is 811. The van der Waals surface area contributed by atoms with Gasteiger partial charge in [-0.1, -0.05) is 6.07 Å². The Labute approximate surface area is 173 Å². The lowest BCUT2D eigenvalue weighted by Gasteiger charge is -2.43. The largest absolute Gasteiger partial charge is 0.374 e. The van der Waals surface area contributed by atoms with Gasteiger partial charge in [0, 0.05) is 12.1 Å². The highest BCUT2D eigenvalue weighted by atomic mass is 19.3. The molecule has 0 spiro atoms. The van der Waals surface area contributed by atoms with Crippen molar-refractivity contribution in [3.8, 4) is 0 Å². The number of anilines is 1. The first kappa shape index (κ1) is 21.1. The predicted octanol–water partition coefficient (Wildman–Crippen LogP) is 2.22. The Balaban J connectivity index is 1.36. The van der Waals surface area contributed by atoms with Crippen LogP contribution >= 0.6 is 0 Å². The highest BCUT2D eigenvalue weighted by molar-refractivity contribution is 6.01. The zero-order valence-corrected chi connectivity index (χ0v) is 16.7. The average Bonchev–Trinajstić information content (AvgIpc) is 2.70. The van der Waals surface area contributed by atoms with Crippen molar-refractivity contribution in [2.75, 3.05) is 31.5 Å². The molecule has 0 saturated carbocycles. The number of imide groups is 1. The van der Waals surface area contributed by atoms with Crippen molar-refractivity contribution in [3.63, 3.8) is 0 Å². The smallest absolute Gasteiger partial charge is 0.275 e. The van der Waals surface area contributed by atoms with E-state index in [-0.39, 0.29) is 30.6 Å². The fourth-order valence-electron chi connectivity index (χ4n) is 4.78. The quantitative estimate of drug-likeness (QED) is 0.647. The number of piperidine rings is 3.